The van der Waals surface area contributed by atoms with Crippen molar-refractivity contribution < 1.29 is 28.6 Å². The maximum Gasteiger partial charge on any atom is 0.247 e. The van der Waals surface area contributed by atoms with Crippen LogP contribution in [0.4, 0.5) is 23.4 Å². The van der Waals surface area contributed by atoms with Crippen molar-refractivity contribution in [2.75, 3.05) is 119 Å². The summed E-state index contributed by atoms with van der Waals surface area (Å²) >= 11 is 19.7. The van der Waals surface area contributed by atoms with Gasteiger partial charge in [0.1, 0.15) is 64.2 Å². The lowest BCUT2D eigenvalue weighted by Crippen LogP contribution is -2.58. The second-order valence-electron chi connectivity index (χ2n) is 26.0. The number of carbonyl (C=O) groups is 3. The first-order valence-corrected chi connectivity index (χ1v) is 35.1. The molecule has 0 spiro atoms. The predicted octanol–water partition coefficient (Wildman–Crippen LogP) is 10.5. The summed E-state index contributed by atoms with van der Waals surface area (Å²) in [6.45, 7) is 26.7. The van der Waals surface area contributed by atoms with E-state index in [2.05, 4.69) is 130 Å². The third kappa shape index (κ3) is 13.8. The number of benzene rings is 3. The number of fused-ring (bicyclic) bond motifs is 6. The maximum absolute atomic E-state index is 12.2. The summed E-state index contributed by atoms with van der Waals surface area (Å²) in [4.78, 5) is 93.6. The summed E-state index contributed by atoms with van der Waals surface area (Å²) in [5, 5.41) is 36.8. The van der Waals surface area contributed by atoms with E-state index in [-0.39, 0.29) is 35.3 Å². The van der Waals surface area contributed by atoms with Crippen LogP contribution in [0.5, 0.6) is 34.9 Å². The lowest BCUT2D eigenvalue weighted by Gasteiger charge is -2.43. The number of piperazine rings is 3. The van der Waals surface area contributed by atoms with Crippen LogP contribution in [0.1, 0.15) is 29.3 Å². The number of halogens is 3. The molecule has 4 aliphatic rings. The van der Waals surface area contributed by atoms with Crippen molar-refractivity contribution in [1.82, 2.24) is 95.0 Å². The Kier molecular flexibility index (Phi) is 20.2. The number of nitrogens with one attached hydrogen (secondary N) is 3. The number of aromatic amines is 3. The first kappa shape index (κ1) is 71.1. The Bertz CT molecular complexity index is 5510. The van der Waals surface area contributed by atoms with E-state index in [1.165, 1.54) is 30.9 Å². The molecule has 0 radical (unpaired) electrons. The van der Waals surface area contributed by atoms with Crippen molar-refractivity contribution in [2.45, 2.75) is 39.8 Å². The van der Waals surface area contributed by atoms with E-state index < -0.39 is 0 Å². The fraction of sp³-hybridized carbons (Fsp3) is 0.288. The third-order valence-electron chi connectivity index (χ3n) is 19.2. The summed E-state index contributed by atoms with van der Waals surface area (Å²) in [5.74, 6) is 4.92. The fourth-order valence-electron chi connectivity index (χ4n) is 13.3. The molecule has 9 aromatic heterocycles. The van der Waals surface area contributed by atoms with Crippen molar-refractivity contribution in [2.24, 2.45) is 0 Å². The SMILES string of the molecule is C=CC(=O)N1CCN(c2nc(N3CC(N(C)C)C3)nc3c(Oc4c(Cl)c(C)cc5[nH]ncc45)nccc23)CC1.C=CC(=O)N1CCN(c2ncnc3c(Oc4c(C)c(Cl)cc5[nH]ncc45)nccc23)C[C@H]1C.C=CC(=O)N1CCN(c2ncnc3c(Oc4c(Cl)c(C)cc5[nH]ncc45)nc(C#N)cc23)CC1. The molecule has 3 aromatic carbocycles. The minimum Gasteiger partial charge on any atom is -0.436 e. The normalized spacial score (nSPS) is 15.5. The Labute approximate surface area is 621 Å². The number of anilines is 4. The average molecular weight is 1490 g/mol. The molecule has 4 aliphatic heterocycles. The van der Waals surface area contributed by atoms with Gasteiger partial charge in [-0.15, -0.1) is 0 Å². The van der Waals surface area contributed by atoms with Crippen molar-refractivity contribution in [3.63, 3.8) is 0 Å². The van der Waals surface area contributed by atoms with Gasteiger partial charge in [-0.2, -0.15) is 25.5 Å². The van der Waals surface area contributed by atoms with Crippen molar-refractivity contribution in [3.05, 3.63) is 155 Å². The van der Waals surface area contributed by atoms with E-state index in [1.54, 1.807) is 46.9 Å². The van der Waals surface area contributed by atoms with Crippen LogP contribution in [-0.2, 0) is 14.4 Å². The largest absolute Gasteiger partial charge is 0.436 e. The van der Waals surface area contributed by atoms with Crippen LogP contribution in [0.15, 0.2) is 118 Å². The number of aryl methyl sites for hydroxylation is 2. The highest BCUT2D eigenvalue weighted by molar-refractivity contribution is 6.34. The zero-order chi connectivity index (χ0) is 74.2. The third-order valence-corrected chi connectivity index (χ3v) is 20.6. The molecule has 0 unspecified atom stereocenters. The number of hydrogen-bond donors (Lipinski definition) is 3. The van der Waals surface area contributed by atoms with Crippen LogP contribution in [-0.4, -0.2) is 224 Å². The minimum atomic E-state index is -0.0977. The smallest absolute Gasteiger partial charge is 0.247 e. The van der Waals surface area contributed by atoms with Gasteiger partial charge in [0.15, 0.2) is 11.5 Å². The summed E-state index contributed by atoms with van der Waals surface area (Å²) in [5.41, 5.74) is 6.62. The average Bonchev–Trinajstić information content (AvgIpc) is 0.775. The summed E-state index contributed by atoms with van der Waals surface area (Å²) in [6.07, 6.45) is 15.4. The van der Waals surface area contributed by atoms with E-state index >= 15 is 0 Å². The number of nitriles is 1. The number of carbonyl (C=O) groups excluding carboxylic acids is 3. The molecule has 12 aromatic rings. The molecule has 13 heterocycles. The molecule has 16 rings (SSSR count). The number of H-pyrrole nitrogens is 3. The second kappa shape index (κ2) is 30.0. The number of amides is 3. The predicted molar refractivity (Wildman–Crippen MR) is 406 cm³/mol. The van der Waals surface area contributed by atoms with E-state index in [0.717, 1.165) is 79.5 Å². The molecule has 4 fully saturated rings. The van der Waals surface area contributed by atoms with Crippen molar-refractivity contribution >= 4 is 141 Å². The van der Waals surface area contributed by atoms with Crippen molar-refractivity contribution in [1.29, 1.82) is 5.26 Å². The first-order valence-electron chi connectivity index (χ1n) is 34.0. The number of pyridine rings is 3. The lowest BCUT2D eigenvalue weighted by molar-refractivity contribution is -0.128. The molecule has 1 atom stereocenters. The second-order valence-corrected chi connectivity index (χ2v) is 27.1. The highest BCUT2D eigenvalue weighted by Crippen LogP contribution is 2.44. The fourth-order valence-corrected chi connectivity index (χ4v) is 13.9. The number of aromatic nitrogens is 15. The molecule has 0 saturated carbocycles. The van der Waals surface area contributed by atoms with Gasteiger partial charge in [-0.1, -0.05) is 54.5 Å². The molecule has 4 saturated heterocycles. The van der Waals surface area contributed by atoms with Gasteiger partial charge in [0.05, 0.1) is 72.1 Å². The summed E-state index contributed by atoms with van der Waals surface area (Å²) < 4.78 is 18.9. The van der Waals surface area contributed by atoms with Gasteiger partial charge in [0, 0.05) is 126 Å². The van der Waals surface area contributed by atoms with Crippen LogP contribution in [0, 0.1) is 32.1 Å². The minimum absolute atomic E-state index is 0.0234. The molecule has 3 N–H and O–H groups in total. The summed E-state index contributed by atoms with van der Waals surface area (Å²) in [7, 11) is 4.16. The Morgan fingerprint density at radius 3 is 1.56 bits per heavy atom. The molecule has 0 bridgehead atoms. The molecule has 106 heavy (non-hydrogen) atoms. The molecule has 33 heteroatoms. The molecule has 3 amide bonds. The number of rotatable bonds is 14. The van der Waals surface area contributed by atoms with Gasteiger partial charge >= 0.3 is 0 Å². The van der Waals surface area contributed by atoms with Crippen LogP contribution >= 0.6 is 34.8 Å². The molecule has 540 valence electrons. The highest BCUT2D eigenvalue weighted by atomic mass is 35.5. The van der Waals surface area contributed by atoms with Gasteiger partial charge < -0.3 is 53.4 Å². The quantitative estimate of drug-likeness (QED) is 0.0852. The van der Waals surface area contributed by atoms with Crippen LogP contribution in [0.25, 0.3) is 65.4 Å². The van der Waals surface area contributed by atoms with E-state index in [0.29, 0.717) is 161 Å². The van der Waals surface area contributed by atoms with E-state index in [1.807, 2.05) is 62.9 Å². The Morgan fingerprint density at radius 1 is 0.538 bits per heavy atom. The standard InChI is InChI=1S/C27H30ClN9O2.C23H19ClN8O2.C23H22ClN7O2/c1-5-21(38)35-8-10-36(11-9-35)25-18-6-7-29-26(23(18)31-27(32-25)37-14-17(15-37)34(3)4)39-24-19-13-30-33-20(19)12-16(2)22(24)28;1-3-18(33)31-4-6-32(7-5-31)22-15-9-14(10-25)29-23(20(15)26-12-27-22)34-21-16-11-28-30-17(16)8-13(2)19(21)24;1-4-19(32)31-8-7-30(11-13(31)2)22-15-5-6-25-23(20(15)26-12-27-22)33-21-14(3)17(24)9-18-16(21)10-28-29-18/h5-7,12-13,17H,1,8-11,14-15H2,2-4H3,(H,30,33);3,8-9,11-12H,1,4-7H2,2H3,(H,28,30);4-6,9-10,12-13H,1,7-8,11H2,2-3H3,(H,28,29)/t;;13-/m..1/s1. The van der Waals surface area contributed by atoms with Gasteiger partial charge in [-0.3, -0.25) is 29.7 Å². The van der Waals surface area contributed by atoms with Gasteiger partial charge in [-0.25, -0.2) is 39.9 Å². The number of ether oxygens (including phenoxy) is 3. The number of hydrogen-bond acceptors (Lipinski definition) is 24. The van der Waals surface area contributed by atoms with Crippen molar-refractivity contribution in [3.8, 4) is 41.0 Å². The van der Waals surface area contributed by atoms with Crippen LogP contribution in [0.3, 0.4) is 0 Å². The maximum atomic E-state index is 12.2. The molecular formula is C73H71Cl3N24O6. The van der Waals surface area contributed by atoms with E-state index in [9.17, 15) is 19.6 Å². The van der Waals surface area contributed by atoms with Crippen LogP contribution in [0.2, 0.25) is 15.1 Å². The zero-order valence-electron chi connectivity index (χ0n) is 58.7. The molecular weight excluding hydrogens is 1420 g/mol. The lowest BCUT2D eigenvalue weighted by atomic mass is 10.1. The Hall–Kier alpha value is -11.9. The van der Waals surface area contributed by atoms with Gasteiger partial charge in [-0.05, 0) is 108 Å². The molecule has 0 aliphatic carbocycles. The highest BCUT2D eigenvalue weighted by Gasteiger charge is 2.34. The monoisotopic (exact) mass is 1480 g/mol. The Balaban J connectivity index is 0.000000134. The Morgan fingerprint density at radius 2 is 1.02 bits per heavy atom. The van der Waals surface area contributed by atoms with Gasteiger partial charge in [0.25, 0.3) is 0 Å². The topological polar surface area (TPSA) is 331 Å². The zero-order valence-corrected chi connectivity index (χ0v) is 60.9. The molecule has 30 nitrogen and oxygen atoms in total. The number of nitrogens with zero attached hydrogens (tertiary/aromatic N) is 21. The summed E-state index contributed by atoms with van der Waals surface area (Å²) in [6, 6.07) is 13.6. The van der Waals surface area contributed by atoms with Crippen LogP contribution < -0.4 is 33.8 Å². The first-order chi connectivity index (χ1) is 51.3. The number of likely N-dealkylation sites (N-methyl/N-ethyl adjacent to an activating group) is 1. The van der Waals surface area contributed by atoms with E-state index in [4.69, 9.17) is 59.0 Å². The van der Waals surface area contributed by atoms with Gasteiger partial charge in [0.2, 0.25) is 41.3 Å².